The summed E-state index contributed by atoms with van der Waals surface area (Å²) in [6, 6.07) is 5.94. The monoisotopic (exact) mass is 309 g/mol. The first-order valence-electron chi connectivity index (χ1n) is 6.59. The van der Waals surface area contributed by atoms with Gasteiger partial charge < -0.3 is 14.8 Å². The lowest BCUT2D eigenvalue weighted by Crippen LogP contribution is -2.25. The van der Waals surface area contributed by atoms with E-state index in [0.717, 1.165) is 5.69 Å². The number of hydrogen-bond acceptors (Lipinski definition) is 4. The normalized spacial score (nSPS) is 14.9. The number of nitrogens with zero attached hydrogens (tertiary/aromatic N) is 2. The van der Waals surface area contributed by atoms with Crippen molar-refractivity contribution in [2.24, 2.45) is 7.05 Å². The fourth-order valence-corrected chi connectivity index (χ4v) is 2.14. The molecule has 1 N–H and O–H groups in total. The summed E-state index contributed by atoms with van der Waals surface area (Å²) in [5.41, 5.74) is 1.30. The standard InChI is InChI=1S/C14H13F2N3O3/c1-19-10(6-7-17-19)3-5-13(20)18-9-2-4-11-12(8-9)22-14(15,16)21-11/h2,4,6-8H,3,5H2,1H3,(H,18,20). The van der Waals surface area contributed by atoms with Crippen LogP contribution < -0.4 is 14.8 Å². The molecule has 0 saturated carbocycles. The number of rotatable bonds is 4. The van der Waals surface area contributed by atoms with E-state index in [1.165, 1.54) is 18.2 Å². The summed E-state index contributed by atoms with van der Waals surface area (Å²) in [6.07, 6.45) is -1.22. The van der Waals surface area contributed by atoms with Crippen molar-refractivity contribution < 1.29 is 23.0 Å². The van der Waals surface area contributed by atoms with E-state index in [1.54, 1.807) is 17.9 Å². The second kappa shape index (κ2) is 5.28. The topological polar surface area (TPSA) is 65.4 Å². The molecule has 8 heteroatoms. The number of halogens is 2. The van der Waals surface area contributed by atoms with Crippen molar-refractivity contribution in [3.8, 4) is 11.5 Å². The predicted molar refractivity (Wildman–Crippen MR) is 72.8 cm³/mol. The van der Waals surface area contributed by atoms with E-state index < -0.39 is 6.29 Å². The molecule has 1 aromatic carbocycles. The van der Waals surface area contributed by atoms with E-state index in [2.05, 4.69) is 19.9 Å². The van der Waals surface area contributed by atoms with Gasteiger partial charge in [-0.1, -0.05) is 0 Å². The first kappa shape index (κ1) is 14.3. The highest BCUT2D eigenvalue weighted by molar-refractivity contribution is 5.91. The lowest BCUT2D eigenvalue weighted by atomic mass is 10.2. The molecule has 1 aromatic heterocycles. The fraction of sp³-hybridized carbons (Fsp3) is 0.286. The maximum atomic E-state index is 12.9. The molecule has 0 saturated heterocycles. The maximum Gasteiger partial charge on any atom is 0.586 e. The molecule has 0 unspecified atom stereocenters. The molecule has 0 spiro atoms. The molecule has 0 aliphatic carbocycles. The predicted octanol–water partition coefficient (Wildman–Crippen LogP) is 2.31. The zero-order valence-corrected chi connectivity index (χ0v) is 11.7. The molecule has 0 atom stereocenters. The number of aromatic nitrogens is 2. The van der Waals surface area contributed by atoms with Gasteiger partial charge in [0.05, 0.1) is 0 Å². The zero-order valence-electron chi connectivity index (χ0n) is 11.7. The highest BCUT2D eigenvalue weighted by atomic mass is 19.3. The van der Waals surface area contributed by atoms with Crippen LogP contribution in [0.5, 0.6) is 11.5 Å². The van der Waals surface area contributed by atoms with Crippen molar-refractivity contribution in [2.75, 3.05) is 5.32 Å². The number of anilines is 1. The molecule has 116 valence electrons. The van der Waals surface area contributed by atoms with Gasteiger partial charge in [0, 0.05) is 37.1 Å². The van der Waals surface area contributed by atoms with E-state index in [1.807, 2.05) is 6.07 Å². The Morgan fingerprint density at radius 2 is 2.09 bits per heavy atom. The van der Waals surface area contributed by atoms with Crippen LogP contribution in [0.3, 0.4) is 0 Å². The van der Waals surface area contributed by atoms with Crippen molar-refractivity contribution in [2.45, 2.75) is 19.1 Å². The van der Waals surface area contributed by atoms with Crippen LogP contribution in [0.15, 0.2) is 30.5 Å². The van der Waals surface area contributed by atoms with Crippen LogP contribution in [-0.4, -0.2) is 22.0 Å². The molecule has 0 fully saturated rings. The highest BCUT2D eigenvalue weighted by Crippen LogP contribution is 2.42. The largest absolute Gasteiger partial charge is 0.586 e. The molecular formula is C14H13F2N3O3. The molecule has 0 radical (unpaired) electrons. The number of fused-ring (bicyclic) bond motifs is 1. The van der Waals surface area contributed by atoms with Crippen LogP contribution in [0.4, 0.5) is 14.5 Å². The molecule has 22 heavy (non-hydrogen) atoms. The summed E-state index contributed by atoms with van der Waals surface area (Å²) >= 11 is 0. The Kier molecular flexibility index (Phi) is 3.44. The van der Waals surface area contributed by atoms with Gasteiger partial charge in [0.25, 0.3) is 0 Å². The number of carbonyl (C=O) groups excluding carboxylic acids is 1. The molecule has 0 bridgehead atoms. The Hall–Kier alpha value is -2.64. The average molecular weight is 309 g/mol. The zero-order chi connectivity index (χ0) is 15.7. The van der Waals surface area contributed by atoms with Crippen molar-refractivity contribution >= 4 is 11.6 Å². The van der Waals surface area contributed by atoms with Gasteiger partial charge >= 0.3 is 6.29 Å². The van der Waals surface area contributed by atoms with Crippen molar-refractivity contribution in [1.82, 2.24) is 9.78 Å². The molecule has 1 amide bonds. The number of alkyl halides is 2. The fourth-order valence-electron chi connectivity index (χ4n) is 2.14. The van der Waals surface area contributed by atoms with Crippen molar-refractivity contribution in [3.05, 3.63) is 36.2 Å². The molecule has 2 aromatic rings. The van der Waals surface area contributed by atoms with Crippen LogP contribution >= 0.6 is 0 Å². The Labute approximate surface area is 124 Å². The highest BCUT2D eigenvalue weighted by Gasteiger charge is 2.43. The quantitative estimate of drug-likeness (QED) is 0.941. The second-order valence-electron chi connectivity index (χ2n) is 4.82. The number of hydrogen-bond donors (Lipinski definition) is 1. The Balaban J connectivity index is 1.60. The minimum Gasteiger partial charge on any atom is -0.395 e. The third kappa shape index (κ3) is 3.00. The summed E-state index contributed by atoms with van der Waals surface area (Å²) in [5.74, 6) is -0.390. The van der Waals surface area contributed by atoms with Crippen molar-refractivity contribution in [3.63, 3.8) is 0 Å². The first-order valence-corrected chi connectivity index (χ1v) is 6.59. The van der Waals surface area contributed by atoms with E-state index in [4.69, 9.17) is 0 Å². The van der Waals surface area contributed by atoms with Crippen molar-refractivity contribution in [1.29, 1.82) is 0 Å². The summed E-state index contributed by atoms with van der Waals surface area (Å²) in [7, 11) is 1.80. The van der Waals surface area contributed by atoms with Crippen LogP contribution in [0.1, 0.15) is 12.1 Å². The lowest BCUT2D eigenvalue weighted by molar-refractivity contribution is -0.286. The van der Waals surface area contributed by atoms with Crippen LogP contribution in [0, 0.1) is 0 Å². The minimum absolute atomic E-state index is 0.0575. The summed E-state index contributed by atoms with van der Waals surface area (Å²) < 4.78 is 36.1. The molecule has 3 rings (SSSR count). The van der Waals surface area contributed by atoms with Gasteiger partial charge in [-0.05, 0) is 24.6 Å². The van der Waals surface area contributed by atoms with Gasteiger partial charge in [0.15, 0.2) is 11.5 Å². The van der Waals surface area contributed by atoms with E-state index in [-0.39, 0.29) is 23.8 Å². The molecule has 1 aliphatic rings. The SMILES string of the molecule is Cn1nccc1CCC(=O)Nc1ccc2c(c1)OC(F)(F)O2. The first-order chi connectivity index (χ1) is 10.4. The van der Waals surface area contributed by atoms with Gasteiger partial charge in [-0.25, -0.2) is 0 Å². The summed E-state index contributed by atoms with van der Waals surface area (Å²) in [4.78, 5) is 11.9. The number of nitrogens with one attached hydrogen (secondary N) is 1. The molecule has 6 nitrogen and oxygen atoms in total. The van der Waals surface area contributed by atoms with Gasteiger partial charge in [-0.15, -0.1) is 8.78 Å². The number of amides is 1. The third-order valence-corrected chi connectivity index (χ3v) is 3.22. The van der Waals surface area contributed by atoms with Crippen LogP contribution in [0.25, 0.3) is 0 Å². The van der Waals surface area contributed by atoms with E-state index in [9.17, 15) is 13.6 Å². The smallest absolute Gasteiger partial charge is 0.395 e. The van der Waals surface area contributed by atoms with Crippen LogP contribution in [0.2, 0.25) is 0 Å². The number of ether oxygens (including phenoxy) is 2. The van der Waals surface area contributed by atoms with E-state index >= 15 is 0 Å². The van der Waals surface area contributed by atoms with Gasteiger partial charge in [0.1, 0.15) is 0 Å². The summed E-state index contributed by atoms with van der Waals surface area (Å²) in [5, 5.41) is 6.65. The lowest BCUT2D eigenvalue weighted by Gasteiger charge is -2.06. The Bertz CT molecular complexity index is 715. The second-order valence-corrected chi connectivity index (χ2v) is 4.82. The molecule has 1 aliphatic heterocycles. The van der Waals surface area contributed by atoms with Gasteiger partial charge in [-0.3, -0.25) is 9.48 Å². The third-order valence-electron chi connectivity index (χ3n) is 3.22. The Morgan fingerprint density at radius 1 is 1.32 bits per heavy atom. The Morgan fingerprint density at radius 3 is 2.82 bits per heavy atom. The van der Waals surface area contributed by atoms with E-state index in [0.29, 0.717) is 12.1 Å². The average Bonchev–Trinajstić information content (AvgIpc) is 2.97. The molecule has 2 heterocycles. The number of benzene rings is 1. The maximum absolute atomic E-state index is 12.9. The number of carbonyl (C=O) groups is 1. The molecular weight excluding hydrogens is 296 g/mol. The van der Waals surface area contributed by atoms with Gasteiger partial charge in [-0.2, -0.15) is 5.10 Å². The summed E-state index contributed by atoms with van der Waals surface area (Å²) in [6.45, 7) is 0. The van der Waals surface area contributed by atoms with Gasteiger partial charge in [0.2, 0.25) is 5.91 Å². The van der Waals surface area contributed by atoms with Crippen LogP contribution in [-0.2, 0) is 18.3 Å². The minimum atomic E-state index is -3.66. The number of aryl methyl sites for hydroxylation is 2.